The molecule has 0 saturated heterocycles. The van der Waals surface area contributed by atoms with Crippen LogP contribution in [0.2, 0.25) is 0 Å². The van der Waals surface area contributed by atoms with Gasteiger partial charge >= 0.3 is 0 Å². The number of aromatic nitrogens is 4. The monoisotopic (exact) mass is 283 g/mol. The average molecular weight is 283 g/mol. The minimum absolute atomic E-state index is 0.566. The van der Waals surface area contributed by atoms with Crippen molar-refractivity contribution in [2.24, 2.45) is 0 Å². The highest BCUT2D eigenvalue weighted by atomic mass is 15.0. The third-order valence-electron chi connectivity index (χ3n) is 3.89. The molecule has 0 aromatic carbocycles. The molecule has 2 heterocycles. The van der Waals surface area contributed by atoms with Crippen LogP contribution in [0.3, 0.4) is 0 Å². The number of nitrogens with zero attached hydrogens (tertiary/aromatic N) is 4. The Balaban J connectivity index is 1.96. The quantitative estimate of drug-likeness (QED) is 0.911. The van der Waals surface area contributed by atoms with Crippen molar-refractivity contribution in [2.45, 2.75) is 44.9 Å². The number of nitrogens with one attached hydrogen (secondary N) is 1. The lowest BCUT2D eigenvalue weighted by Crippen LogP contribution is -2.07. The van der Waals surface area contributed by atoms with Crippen LogP contribution in [-0.2, 0) is 0 Å². The minimum Gasteiger partial charge on any atom is -0.370 e. The lowest BCUT2D eigenvalue weighted by molar-refractivity contribution is 0.695. The predicted molar refractivity (Wildman–Crippen MR) is 83.0 cm³/mol. The Labute approximate surface area is 125 Å². The number of hydrogen-bond acceptors (Lipinski definition) is 5. The summed E-state index contributed by atoms with van der Waals surface area (Å²) in [6, 6.07) is 3.97. The van der Waals surface area contributed by atoms with E-state index in [9.17, 15) is 0 Å². The van der Waals surface area contributed by atoms with Gasteiger partial charge in [0.25, 0.3) is 0 Å². The molecule has 110 valence electrons. The van der Waals surface area contributed by atoms with Gasteiger partial charge in [-0.3, -0.25) is 0 Å². The molecule has 0 bridgehead atoms. The van der Waals surface area contributed by atoms with E-state index in [0.29, 0.717) is 11.7 Å². The number of anilines is 1. The van der Waals surface area contributed by atoms with Gasteiger partial charge in [-0.25, -0.2) is 19.9 Å². The molecule has 1 fully saturated rings. The molecule has 2 aromatic rings. The van der Waals surface area contributed by atoms with E-state index in [2.05, 4.69) is 33.3 Å². The zero-order chi connectivity index (χ0) is 14.5. The maximum absolute atomic E-state index is 4.75. The van der Waals surface area contributed by atoms with Crippen molar-refractivity contribution in [1.29, 1.82) is 0 Å². The molecule has 0 amide bonds. The summed E-state index contributed by atoms with van der Waals surface area (Å²) in [5, 5.41) is 3.37. The summed E-state index contributed by atoms with van der Waals surface area (Å²) in [4.78, 5) is 17.6. The van der Waals surface area contributed by atoms with Gasteiger partial charge in [-0.2, -0.15) is 0 Å². The highest BCUT2D eigenvalue weighted by Crippen LogP contribution is 2.34. The molecule has 2 aromatic heterocycles. The molecule has 1 N–H and O–H groups in total. The third kappa shape index (κ3) is 3.35. The second-order valence-corrected chi connectivity index (χ2v) is 5.50. The second kappa shape index (κ2) is 6.61. The molecule has 5 heteroatoms. The van der Waals surface area contributed by atoms with Crippen LogP contribution in [0.4, 0.5) is 5.82 Å². The van der Waals surface area contributed by atoms with E-state index in [-0.39, 0.29) is 0 Å². The Hall–Kier alpha value is -2.04. The molecule has 0 unspecified atom stereocenters. The molecule has 0 atom stereocenters. The molecular formula is C16H21N5. The lowest BCUT2D eigenvalue weighted by Gasteiger charge is -2.13. The fraction of sp³-hybridized carbons (Fsp3) is 0.500. The molecule has 0 radical (unpaired) electrons. The topological polar surface area (TPSA) is 63.6 Å². The average Bonchev–Trinajstić information content (AvgIpc) is 3.08. The summed E-state index contributed by atoms with van der Waals surface area (Å²) < 4.78 is 0. The smallest absolute Gasteiger partial charge is 0.180 e. The van der Waals surface area contributed by atoms with Crippen LogP contribution >= 0.6 is 0 Å². The Kier molecular flexibility index (Phi) is 4.38. The largest absolute Gasteiger partial charge is 0.370 e. The van der Waals surface area contributed by atoms with Crippen molar-refractivity contribution < 1.29 is 0 Å². The van der Waals surface area contributed by atoms with Crippen molar-refractivity contribution in [3.63, 3.8) is 0 Å². The van der Waals surface area contributed by atoms with Crippen molar-refractivity contribution >= 4 is 5.82 Å². The summed E-state index contributed by atoms with van der Waals surface area (Å²) >= 11 is 0. The molecule has 1 aliphatic carbocycles. The van der Waals surface area contributed by atoms with Crippen LogP contribution < -0.4 is 5.32 Å². The molecule has 1 aliphatic rings. The van der Waals surface area contributed by atoms with Crippen LogP contribution in [0.5, 0.6) is 0 Å². The van der Waals surface area contributed by atoms with E-state index in [1.54, 1.807) is 12.5 Å². The van der Waals surface area contributed by atoms with Crippen molar-refractivity contribution in [3.8, 4) is 11.5 Å². The van der Waals surface area contributed by atoms with E-state index in [4.69, 9.17) is 4.98 Å². The third-order valence-corrected chi connectivity index (χ3v) is 3.89. The van der Waals surface area contributed by atoms with Crippen molar-refractivity contribution in [1.82, 2.24) is 19.9 Å². The summed E-state index contributed by atoms with van der Waals surface area (Å²) in [7, 11) is 0. The maximum Gasteiger partial charge on any atom is 0.180 e. The highest BCUT2D eigenvalue weighted by Gasteiger charge is 2.20. The Morgan fingerprint density at radius 2 is 2.10 bits per heavy atom. The fourth-order valence-electron chi connectivity index (χ4n) is 2.78. The van der Waals surface area contributed by atoms with E-state index in [1.807, 2.05) is 6.07 Å². The number of rotatable bonds is 5. The van der Waals surface area contributed by atoms with E-state index < -0.39 is 0 Å². The molecule has 5 nitrogen and oxygen atoms in total. The first-order valence-corrected chi connectivity index (χ1v) is 7.76. The summed E-state index contributed by atoms with van der Waals surface area (Å²) in [6.45, 7) is 3.07. The molecule has 1 saturated carbocycles. The van der Waals surface area contributed by atoms with Gasteiger partial charge in [0.15, 0.2) is 5.82 Å². The van der Waals surface area contributed by atoms with Crippen molar-refractivity contribution in [3.05, 3.63) is 30.4 Å². The zero-order valence-electron chi connectivity index (χ0n) is 12.4. The Morgan fingerprint density at radius 3 is 2.81 bits per heavy atom. The first-order chi connectivity index (χ1) is 10.4. The number of hydrogen-bond donors (Lipinski definition) is 1. The molecule has 3 rings (SSSR count). The van der Waals surface area contributed by atoms with Crippen LogP contribution in [0.1, 0.15) is 50.6 Å². The van der Waals surface area contributed by atoms with Crippen LogP contribution in [0, 0.1) is 0 Å². The normalized spacial score (nSPS) is 15.3. The van der Waals surface area contributed by atoms with Crippen LogP contribution in [-0.4, -0.2) is 26.5 Å². The lowest BCUT2D eigenvalue weighted by atomic mass is 10.0. The van der Waals surface area contributed by atoms with Gasteiger partial charge in [0, 0.05) is 30.4 Å². The van der Waals surface area contributed by atoms with Gasteiger partial charge in [0.1, 0.15) is 17.8 Å². The van der Waals surface area contributed by atoms with Crippen molar-refractivity contribution in [2.75, 3.05) is 11.9 Å². The van der Waals surface area contributed by atoms with E-state index in [1.165, 1.54) is 25.7 Å². The van der Waals surface area contributed by atoms with Gasteiger partial charge in [0.2, 0.25) is 0 Å². The maximum atomic E-state index is 4.75. The predicted octanol–water partition coefficient (Wildman–Crippen LogP) is 3.41. The highest BCUT2D eigenvalue weighted by molar-refractivity contribution is 5.52. The van der Waals surface area contributed by atoms with Gasteiger partial charge in [-0.05, 0) is 25.3 Å². The minimum atomic E-state index is 0.566. The zero-order valence-corrected chi connectivity index (χ0v) is 12.4. The first-order valence-electron chi connectivity index (χ1n) is 7.76. The molecule has 21 heavy (non-hydrogen) atoms. The van der Waals surface area contributed by atoms with Crippen LogP contribution in [0.25, 0.3) is 11.5 Å². The summed E-state index contributed by atoms with van der Waals surface area (Å²) in [5.41, 5.74) is 1.93. The second-order valence-electron chi connectivity index (χ2n) is 5.50. The van der Waals surface area contributed by atoms with Gasteiger partial charge < -0.3 is 5.32 Å². The molecule has 0 aliphatic heterocycles. The SMILES string of the molecule is CCCNc1cc(C2CCCC2)nc(-c2ccncn2)n1. The first kappa shape index (κ1) is 13.9. The summed E-state index contributed by atoms with van der Waals surface area (Å²) in [5.74, 6) is 2.17. The van der Waals surface area contributed by atoms with E-state index >= 15 is 0 Å². The standard InChI is InChI=1S/C16H21N5/c1-2-8-18-15-10-14(12-5-3-4-6-12)20-16(21-15)13-7-9-17-11-19-13/h7,9-12H,2-6,8H2,1H3,(H,18,20,21). The molecular weight excluding hydrogens is 262 g/mol. The van der Waals surface area contributed by atoms with Gasteiger partial charge in [-0.1, -0.05) is 19.8 Å². The summed E-state index contributed by atoms with van der Waals surface area (Å²) in [6.07, 6.45) is 9.41. The van der Waals surface area contributed by atoms with Gasteiger partial charge in [0.05, 0.1) is 0 Å². The Bertz CT molecular complexity index is 578. The fourth-order valence-corrected chi connectivity index (χ4v) is 2.78. The van der Waals surface area contributed by atoms with E-state index in [0.717, 1.165) is 30.2 Å². The Morgan fingerprint density at radius 1 is 1.24 bits per heavy atom. The van der Waals surface area contributed by atoms with Gasteiger partial charge in [-0.15, -0.1) is 0 Å². The van der Waals surface area contributed by atoms with Crippen LogP contribution in [0.15, 0.2) is 24.7 Å². The molecule has 0 spiro atoms.